The maximum absolute atomic E-state index is 12.7. The van der Waals surface area contributed by atoms with Crippen molar-refractivity contribution in [3.63, 3.8) is 0 Å². The maximum atomic E-state index is 12.7. The molecule has 0 unspecified atom stereocenters. The Morgan fingerprint density at radius 1 is 1.00 bits per heavy atom. The van der Waals surface area contributed by atoms with Gasteiger partial charge in [0.15, 0.2) is 5.78 Å². The molecule has 0 N–H and O–H groups in total. The molecule has 0 aromatic heterocycles. The highest BCUT2D eigenvalue weighted by molar-refractivity contribution is 5.97. The van der Waals surface area contributed by atoms with Gasteiger partial charge in [0.05, 0.1) is 0 Å². The number of hydrogen-bond acceptors (Lipinski definition) is 1. The van der Waals surface area contributed by atoms with Gasteiger partial charge in [-0.1, -0.05) is 75.9 Å². The van der Waals surface area contributed by atoms with Gasteiger partial charge in [-0.05, 0) is 40.7 Å². The fourth-order valence-electron chi connectivity index (χ4n) is 4.66. The summed E-state index contributed by atoms with van der Waals surface area (Å²) in [6.07, 6.45) is 7.12. The number of carbonyl (C=O) groups excluding carboxylic acids is 1. The van der Waals surface area contributed by atoms with Crippen LogP contribution in [-0.4, -0.2) is 5.78 Å². The molecule has 2 aliphatic carbocycles. The van der Waals surface area contributed by atoms with Crippen molar-refractivity contribution in [2.24, 2.45) is 5.92 Å². The first kappa shape index (κ1) is 15.6. The molecule has 124 valence electrons. The van der Waals surface area contributed by atoms with Crippen LogP contribution < -0.4 is 0 Å². The summed E-state index contributed by atoms with van der Waals surface area (Å²) in [5, 5.41) is 0. The zero-order valence-electron chi connectivity index (χ0n) is 14.8. The van der Waals surface area contributed by atoms with Crippen molar-refractivity contribution in [3.8, 4) is 11.1 Å². The van der Waals surface area contributed by atoms with E-state index in [1.54, 1.807) is 0 Å². The Balaban J connectivity index is 1.60. The van der Waals surface area contributed by atoms with Crippen molar-refractivity contribution in [1.29, 1.82) is 0 Å². The van der Waals surface area contributed by atoms with Crippen molar-refractivity contribution in [2.45, 2.75) is 57.8 Å². The van der Waals surface area contributed by atoms with Crippen LogP contribution in [0.4, 0.5) is 0 Å². The minimum absolute atomic E-state index is 0.0202. The van der Waals surface area contributed by atoms with Gasteiger partial charge >= 0.3 is 0 Å². The van der Waals surface area contributed by atoms with Crippen molar-refractivity contribution >= 4 is 5.78 Å². The fourth-order valence-corrected chi connectivity index (χ4v) is 4.66. The maximum Gasteiger partial charge on any atom is 0.162 e. The summed E-state index contributed by atoms with van der Waals surface area (Å²) in [5.41, 5.74) is 6.16. The third kappa shape index (κ3) is 2.51. The molecular formula is C23H26O. The molecule has 0 radical (unpaired) electrons. The largest absolute Gasteiger partial charge is 0.294 e. The molecule has 4 rings (SSSR count). The molecule has 2 aromatic carbocycles. The highest BCUT2D eigenvalue weighted by Crippen LogP contribution is 2.48. The van der Waals surface area contributed by atoms with Crippen LogP contribution in [0.5, 0.6) is 0 Å². The number of fused-ring (bicyclic) bond motifs is 3. The van der Waals surface area contributed by atoms with E-state index in [-0.39, 0.29) is 5.41 Å². The monoisotopic (exact) mass is 318 g/mol. The van der Waals surface area contributed by atoms with E-state index in [0.29, 0.717) is 12.2 Å². The van der Waals surface area contributed by atoms with Gasteiger partial charge < -0.3 is 0 Å². The van der Waals surface area contributed by atoms with Crippen molar-refractivity contribution in [3.05, 3.63) is 59.2 Å². The second-order valence-electron chi connectivity index (χ2n) is 8.04. The lowest BCUT2D eigenvalue weighted by molar-refractivity contribution is 0.0974. The molecule has 0 amide bonds. The van der Waals surface area contributed by atoms with Crippen LogP contribution in [0.2, 0.25) is 0 Å². The lowest BCUT2D eigenvalue weighted by Gasteiger charge is -2.21. The van der Waals surface area contributed by atoms with Gasteiger partial charge in [-0.15, -0.1) is 0 Å². The highest BCUT2D eigenvalue weighted by atomic mass is 16.1. The number of carbonyl (C=O) groups is 1. The number of Topliss-reactive ketones (excluding diaryl/α,β-unsaturated/α-hetero) is 1. The van der Waals surface area contributed by atoms with Gasteiger partial charge in [0.25, 0.3) is 0 Å². The van der Waals surface area contributed by atoms with Gasteiger partial charge in [0, 0.05) is 17.4 Å². The molecule has 1 saturated carbocycles. The van der Waals surface area contributed by atoms with E-state index in [0.717, 1.165) is 17.9 Å². The summed E-state index contributed by atoms with van der Waals surface area (Å²) in [6, 6.07) is 15.0. The van der Waals surface area contributed by atoms with Crippen LogP contribution in [0, 0.1) is 5.92 Å². The lowest BCUT2D eigenvalue weighted by atomic mass is 9.81. The molecule has 0 heterocycles. The van der Waals surface area contributed by atoms with Crippen molar-refractivity contribution < 1.29 is 4.79 Å². The van der Waals surface area contributed by atoms with E-state index in [9.17, 15) is 4.79 Å². The van der Waals surface area contributed by atoms with Gasteiger partial charge in [-0.25, -0.2) is 0 Å². The van der Waals surface area contributed by atoms with Gasteiger partial charge in [-0.2, -0.15) is 0 Å². The second kappa shape index (κ2) is 5.88. The molecule has 0 atom stereocenters. The van der Waals surface area contributed by atoms with Gasteiger partial charge in [0.1, 0.15) is 0 Å². The van der Waals surface area contributed by atoms with Gasteiger partial charge in [-0.3, -0.25) is 4.79 Å². The van der Waals surface area contributed by atoms with E-state index in [1.807, 2.05) is 6.07 Å². The molecule has 0 aliphatic heterocycles. The van der Waals surface area contributed by atoms with E-state index in [4.69, 9.17) is 0 Å². The number of rotatable bonds is 4. The van der Waals surface area contributed by atoms with Gasteiger partial charge in [0.2, 0.25) is 0 Å². The first-order chi connectivity index (χ1) is 11.6. The zero-order chi connectivity index (χ0) is 16.7. The predicted octanol–water partition coefficient (Wildman–Crippen LogP) is 6.15. The Bertz CT molecular complexity index is 778. The van der Waals surface area contributed by atoms with E-state index < -0.39 is 0 Å². The molecule has 1 heteroatoms. The number of hydrogen-bond donors (Lipinski definition) is 0. The van der Waals surface area contributed by atoms with Crippen LogP contribution >= 0.6 is 0 Å². The highest BCUT2D eigenvalue weighted by Gasteiger charge is 2.35. The minimum Gasteiger partial charge on any atom is -0.294 e. The smallest absolute Gasteiger partial charge is 0.162 e. The van der Waals surface area contributed by atoms with E-state index in [2.05, 4.69) is 50.2 Å². The average Bonchev–Trinajstić information content (AvgIpc) is 3.19. The molecule has 0 spiro atoms. The normalized spacial score (nSPS) is 18.4. The lowest BCUT2D eigenvalue weighted by Crippen LogP contribution is -2.15. The summed E-state index contributed by atoms with van der Waals surface area (Å²) >= 11 is 0. The number of ketones is 1. The average molecular weight is 318 g/mol. The molecule has 1 fully saturated rings. The summed E-state index contributed by atoms with van der Waals surface area (Å²) < 4.78 is 0. The van der Waals surface area contributed by atoms with Crippen LogP contribution in [-0.2, 0) is 5.41 Å². The molecule has 24 heavy (non-hydrogen) atoms. The summed E-state index contributed by atoms with van der Waals surface area (Å²) in [6.45, 7) is 4.54. The Hall–Kier alpha value is -1.89. The SMILES string of the molecule is CC1(C)c2ccccc2-c2ccc(C(=O)CCC3CCCC3)cc21. The third-order valence-corrected chi connectivity index (χ3v) is 6.16. The molecular weight excluding hydrogens is 292 g/mol. The van der Waals surface area contributed by atoms with Crippen LogP contribution in [0.15, 0.2) is 42.5 Å². The van der Waals surface area contributed by atoms with Crippen LogP contribution in [0.3, 0.4) is 0 Å². The Morgan fingerprint density at radius 2 is 1.71 bits per heavy atom. The molecule has 1 nitrogen and oxygen atoms in total. The zero-order valence-corrected chi connectivity index (χ0v) is 14.8. The Morgan fingerprint density at radius 3 is 2.50 bits per heavy atom. The topological polar surface area (TPSA) is 17.1 Å². The predicted molar refractivity (Wildman–Crippen MR) is 99.5 cm³/mol. The second-order valence-corrected chi connectivity index (χ2v) is 8.04. The Labute approximate surface area is 145 Å². The summed E-state index contributed by atoms with van der Waals surface area (Å²) in [5.74, 6) is 1.10. The molecule has 0 bridgehead atoms. The minimum atomic E-state index is -0.0202. The summed E-state index contributed by atoms with van der Waals surface area (Å²) in [4.78, 5) is 12.7. The third-order valence-electron chi connectivity index (χ3n) is 6.16. The molecule has 2 aliphatic rings. The van der Waals surface area contributed by atoms with Crippen molar-refractivity contribution in [1.82, 2.24) is 0 Å². The fraction of sp³-hybridized carbons (Fsp3) is 0.435. The Kier molecular flexibility index (Phi) is 3.83. The van der Waals surface area contributed by atoms with E-state index in [1.165, 1.54) is 47.9 Å². The van der Waals surface area contributed by atoms with Crippen molar-refractivity contribution in [2.75, 3.05) is 0 Å². The molecule has 2 aromatic rings. The van der Waals surface area contributed by atoms with E-state index >= 15 is 0 Å². The first-order valence-corrected chi connectivity index (χ1v) is 9.35. The standard InChI is InChI=1S/C23H26O/c1-23(2)20-10-6-5-9-18(20)19-13-12-17(15-21(19)23)22(24)14-11-16-7-3-4-8-16/h5-6,9-10,12-13,15-16H,3-4,7-8,11,14H2,1-2H3. The summed E-state index contributed by atoms with van der Waals surface area (Å²) in [7, 11) is 0. The quantitative estimate of drug-likeness (QED) is 0.618. The van der Waals surface area contributed by atoms with Crippen LogP contribution in [0.1, 0.15) is 73.9 Å². The number of benzene rings is 2. The first-order valence-electron chi connectivity index (χ1n) is 9.35. The molecule has 0 saturated heterocycles. The van der Waals surface area contributed by atoms with Crippen LogP contribution in [0.25, 0.3) is 11.1 Å².